The van der Waals surface area contributed by atoms with Gasteiger partial charge in [0.2, 0.25) is 0 Å². The third-order valence-corrected chi connectivity index (χ3v) is 6.86. The lowest BCUT2D eigenvalue weighted by Gasteiger charge is -2.37. The summed E-state index contributed by atoms with van der Waals surface area (Å²) in [5.74, 6) is -1.04. The molecule has 3 aliphatic heterocycles. The lowest BCUT2D eigenvalue weighted by molar-refractivity contribution is -0.580. The fourth-order valence-electron chi connectivity index (χ4n) is 5.92. The van der Waals surface area contributed by atoms with Crippen LogP contribution in [0.2, 0.25) is 0 Å². The average Bonchev–Trinajstić information content (AvgIpc) is 3.35. The minimum Gasteiger partial charge on any atom is -0.389 e. The molecule has 2 aromatic carbocycles. The Hall–Kier alpha value is -2.77. The molecule has 2 fully saturated rings. The molecule has 2 aromatic rings. The van der Waals surface area contributed by atoms with Gasteiger partial charge in [0.25, 0.3) is 11.4 Å². The van der Waals surface area contributed by atoms with Crippen LogP contribution in [0.3, 0.4) is 0 Å². The monoisotopic (exact) mass is 379 g/mol. The predicted octanol–water partition coefficient (Wildman–Crippen LogP) is 2.10. The van der Waals surface area contributed by atoms with E-state index in [2.05, 4.69) is 5.32 Å². The summed E-state index contributed by atoms with van der Waals surface area (Å²) in [6.45, 7) is -0.0245. The van der Waals surface area contributed by atoms with E-state index in [1.165, 1.54) is 0 Å². The molecule has 3 heterocycles. The van der Waals surface area contributed by atoms with Crippen LogP contribution < -0.4 is 5.32 Å². The van der Waals surface area contributed by atoms with Gasteiger partial charge in [0.1, 0.15) is 12.1 Å². The second-order valence-corrected chi connectivity index (χ2v) is 7.87. The summed E-state index contributed by atoms with van der Waals surface area (Å²) in [6.07, 6.45) is 1.35. The lowest BCUT2D eigenvalue weighted by Crippen LogP contribution is -2.55. The van der Waals surface area contributed by atoms with Gasteiger partial charge in [-0.15, -0.1) is 0 Å². The van der Waals surface area contributed by atoms with Crippen molar-refractivity contribution in [3.63, 3.8) is 0 Å². The molecule has 0 saturated carbocycles. The molecule has 1 amide bonds. The van der Waals surface area contributed by atoms with Crippen molar-refractivity contribution in [1.29, 1.82) is 0 Å². The zero-order valence-electron chi connectivity index (χ0n) is 15.2. The van der Waals surface area contributed by atoms with Crippen LogP contribution >= 0.6 is 0 Å². The Morgan fingerprint density at radius 2 is 1.89 bits per heavy atom. The molecule has 2 N–H and O–H groups in total. The average molecular weight is 379 g/mol. The molecule has 0 aliphatic carbocycles. The van der Waals surface area contributed by atoms with Crippen LogP contribution in [0.5, 0.6) is 0 Å². The van der Waals surface area contributed by atoms with Crippen molar-refractivity contribution in [1.82, 2.24) is 4.90 Å². The highest BCUT2D eigenvalue weighted by molar-refractivity contribution is 6.07. The number of benzene rings is 2. The largest absolute Gasteiger partial charge is 0.389 e. The molecule has 4 atom stereocenters. The Balaban J connectivity index is 1.88. The standard InChI is InChI=1S/C21H21N3O4/c25-13-20(24(27)28)17-11-6-12-23(17)21(18(20)14-7-2-1-3-8-14)15-9-4-5-10-16(15)22-19(21)26/h1-5,7-10,17-18,25H,6,11-13H2,(H,22,26)/t17-,18-,20+,21?/m1/s1. The predicted molar refractivity (Wildman–Crippen MR) is 102 cm³/mol. The summed E-state index contributed by atoms with van der Waals surface area (Å²) in [5, 5.41) is 25.9. The van der Waals surface area contributed by atoms with E-state index in [0.717, 1.165) is 12.0 Å². The molecule has 28 heavy (non-hydrogen) atoms. The van der Waals surface area contributed by atoms with Crippen LogP contribution in [-0.2, 0) is 10.3 Å². The Labute approximate surface area is 162 Å². The molecule has 5 rings (SSSR count). The van der Waals surface area contributed by atoms with Crippen LogP contribution in [0, 0.1) is 10.1 Å². The van der Waals surface area contributed by atoms with Crippen LogP contribution in [0.25, 0.3) is 0 Å². The second kappa shape index (κ2) is 5.86. The van der Waals surface area contributed by atoms with Crippen molar-refractivity contribution in [3.8, 4) is 0 Å². The summed E-state index contributed by atoms with van der Waals surface area (Å²) in [4.78, 5) is 27.7. The zero-order valence-corrected chi connectivity index (χ0v) is 15.2. The van der Waals surface area contributed by atoms with Gasteiger partial charge in [0.15, 0.2) is 0 Å². The van der Waals surface area contributed by atoms with Gasteiger partial charge in [-0.1, -0.05) is 48.5 Å². The number of aliphatic hydroxyl groups is 1. The van der Waals surface area contributed by atoms with Gasteiger partial charge in [-0.3, -0.25) is 19.8 Å². The maximum absolute atomic E-state index is 13.6. The van der Waals surface area contributed by atoms with E-state index < -0.39 is 29.6 Å². The number of nitrogens with zero attached hydrogens (tertiary/aromatic N) is 2. The van der Waals surface area contributed by atoms with E-state index in [-0.39, 0.29) is 10.8 Å². The van der Waals surface area contributed by atoms with E-state index in [1.807, 2.05) is 59.5 Å². The normalized spacial score (nSPS) is 33.7. The Bertz CT molecular complexity index is 965. The van der Waals surface area contributed by atoms with Crippen LogP contribution in [0.4, 0.5) is 5.69 Å². The fraction of sp³-hybridized carbons (Fsp3) is 0.381. The molecule has 0 bridgehead atoms. The topological polar surface area (TPSA) is 95.7 Å². The number of nitrogens with one attached hydrogen (secondary N) is 1. The number of hydrogen-bond acceptors (Lipinski definition) is 5. The first-order valence-electron chi connectivity index (χ1n) is 9.56. The van der Waals surface area contributed by atoms with Crippen molar-refractivity contribution in [3.05, 3.63) is 75.8 Å². The molecule has 2 saturated heterocycles. The lowest BCUT2D eigenvalue weighted by atomic mass is 9.67. The molecule has 144 valence electrons. The first-order chi connectivity index (χ1) is 13.6. The molecule has 7 nitrogen and oxygen atoms in total. The van der Waals surface area contributed by atoms with E-state index in [0.29, 0.717) is 24.2 Å². The van der Waals surface area contributed by atoms with E-state index in [4.69, 9.17) is 0 Å². The molecule has 0 radical (unpaired) electrons. The number of carbonyl (C=O) groups excluding carboxylic acids is 1. The summed E-state index contributed by atoms with van der Waals surface area (Å²) < 4.78 is 0. The Kier molecular flexibility index (Phi) is 3.63. The molecule has 0 aromatic heterocycles. The molecular weight excluding hydrogens is 358 g/mol. The quantitative estimate of drug-likeness (QED) is 0.629. The highest BCUT2D eigenvalue weighted by Gasteiger charge is 2.78. The van der Waals surface area contributed by atoms with Crippen LogP contribution in [0.1, 0.15) is 29.9 Å². The maximum Gasteiger partial charge on any atom is 0.269 e. The van der Waals surface area contributed by atoms with Gasteiger partial charge in [-0.25, -0.2) is 0 Å². The number of nitro groups is 1. The molecule has 3 aliphatic rings. The number of aliphatic hydroxyl groups excluding tert-OH is 1. The van der Waals surface area contributed by atoms with Crippen molar-refractivity contribution in [2.45, 2.75) is 35.9 Å². The summed E-state index contributed by atoms with van der Waals surface area (Å²) >= 11 is 0. The maximum atomic E-state index is 13.6. The first-order valence-corrected chi connectivity index (χ1v) is 9.56. The van der Waals surface area contributed by atoms with Crippen molar-refractivity contribution < 1.29 is 14.8 Å². The number of rotatable bonds is 3. The van der Waals surface area contributed by atoms with E-state index >= 15 is 0 Å². The summed E-state index contributed by atoms with van der Waals surface area (Å²) in [7, 11) is 0. The number of fused-ring (bicyclic) bond motifs is 4. The van der Waals surface area contributed by atoms with Crippen molar-refractivity contribution in [2.75, 3.05) is 18.5 Å². The minimum absolute atomic E-state index is 0.244. The smallest absolute Gasteiger partial charge is 0.269 e. The number of anilines is 1. The van der Waals surface area contributed by atoms with Crippen molar-refractivity contribution in [2.24, 2.45) is 0 Å². The number of carbonyl (C=O) groups is 1. The van der Waals surface area contributed by atoms with Crippen LogP contribution in [0.15, 0.2) is 54.6 Å². The number of amides is 1. The van der Waals surface area contributed by atoms with Crippen molar-refractivity contribution >= 4 is 11.6 Å². The van der Waals surface area contributed by atoms with Gasteiger partial charge in [0.05, 0.1) is 12.0 Å². The van der Waals surface area contributed by atoms with Gasteiger partial charge < -0.3 is 10.4 Å². The molecule has 7 heteroatoms. The third-order valence-electron chi connectivity index (χ3n) is 6.86. The Morgan fingerprint density at radius 1 is 1.18 bits per heavy atom. The van der Waals surface area contributed by atoms with Crippen LogP contribution in [-0.4, -0.2) is 45.6 Å². The van der Waals surface area contributed by atoms with Gasteiger partial charge in [-0.05, 0) is 24.5 Å². The molecular formula is C21H21N3O4. The van der Waals surface area contributed by atoms with Gasteiger partial charge in [0, 0.05) is 22.7 Å². The number of para-hydroxylation sites is 1. The highest BCUT2D eigenvalue weighted by atomic mass is 16.6. The van der Waals surface area contributed by atoms with Gasteiger partial charge in [-0.2, -0.15) is 0 Å². The van der Waals surface area contributed by atoms with E-state index in [9.17, 15) is 20.0 Å². The second-order valence-electron chi connectivity index (χ2n) is 7.87. The number of hydrogen-bond donors (Lipinski definition) is 2. The summed E-state index contributed by atoms with van der Waals surface area (Å²) in [5.41, 5.74) is -0.690. The van der Waals surface area contributed by atoms with Gasteiger partial charge >= 0.3 is 0 Å². The molecule has 1 unspecified atom stereocenters. The molecule has 1 spiro atoms. The SMILES string of the molecule is O=C1Nc2ccccc2C12[C@H](c1ccccc1)[C@@](CO)([N+](=O)[O-])[C@H]1CCCN12. The Morgan fingerprint density at radius 3 is 2.61 bits per heavy atom. The highest BCUT2D eigenvalue weighted by Crippen LogP contribution is 2.63. The van der Waals surface area contributed by atoms with E-state index in [1.54, 1.807) is 0 Å². The zero-order chi connectivity index (χ0) is 19.5. The summed E-state index contributed by atoms with van der Waals surface area (Å²) in [6, 6.07) is 16.1. The third kappa shape index (κ3) is 1.83. The fourth-order valence-corrected chi connectivity index (χ4v) is 5.92. The minimum atomic E-state index is -1.65. The first kappa shape index (κ1) is 17.3.